The predicted molar refractivity (Wildman–Crippen MR) is 91.5 cm³/mol. The summed E-state index contributed by atoms with van der Waals surface area (Å²) < 4.78 is 13.1. The van der Waals surface area contributed by atoms with E-state index < -0.39 is 0 Å². The predicted octanol–water partition coefficient (Wildman–Crippen LogP) is 3.84. The van der Waals surface area contributed by atoms with E-state index in [1.807, 2.05) is 19.1 Å². The van der Waals surface area contributed by atoms with Crippen LogP contribution in [0, 0.1) is 13.8 Å². The molecule has 8 heteroatoms. The molecule has 0 bridgehead atoms. The Bertz CT molecular complexity index is 910. The molecule has 2 aromatic heterocycles. The molecule has 0 spiro atoms. The quantitative estimate of drug-likeness (QED) is 0.672. The Labute approximate surface area is 146 Å². The fraction of sp³-hybridized carbons (Fsp3) is 0.267. The van der Waals surface area contributed by atoms with E-state index in [-0.39, 0.29) is 5.28 Å². The van der Waals surface area contributed by atoms with Crippen LogP contribution in [0.4, 0.5) is 0 Å². The van der Waals surface area contributed by atoms with Crippen LogP contribution in [0.2, 0.25) is 5.28 Å². The van der Waals surface area contributed by atoms with Gasteiger partial charge in [-0.05, 0) is 37.6 Å². The lowest BCUT2D eigenvalue weighted by Crippen LogP contribution is -1.99. The molecule has 3 aromatic rings. The number of benzene rings is 1. The third-order valence-electron chi connectivity index (χ3n) is 3.48. The summed E-state index contributed by atoms with van der Waals surface area (Å²) in [6.45, 7) is 3.69. The van der Waals surface area contributed by atoms with Crippen molar-refractivity contribution < 1.29 is 9.47 Å². The molecular weight excluding hydrogens is 384 g/mol. The van der Waals surface area contributed by atoms with Crippen molar-refractivity contribution in [2.45, 2.75) is 13.8 Å². The van der Waals surface area contributed by atoms with Crippen LogP contribution in [0.3, 0.4) is 0 Å². The largest absolute Gasteiger partial charge is 0.493 e. The van der Waals surface area contributed by atoms with E-state index in [1.165, 1.54) is 4.52 Å². The molecule has 0 fully saturated rings. The first kappa shape index (κ1) is 16.0. The highest BCUT2D eigenvalue weighted by atomic mass is 79.9. The summed E-state index contributed by atoms with van der Waals surface area (Å²) in [5.74, 6) is 1.85. The van der Waals surface area contributed by atoms with Crippen LogP contribution in [0.25, 0.3) is 16.8 Å². The number of halogens is 2. The van der Waals surface area contributed by atoms with Crippen LogP contribution >= 0.6 is 27.5 Å². The molecule has 0 N–H and O–H groups in total. The number of methoxy groups -OCH3 is 2. The second-order valence-electron chi connectivity index (χ2n) is 4.92. The first-order chi connectivity index (χ1) is 11.0. The van der Waals surface area contributed by atoms with Gasteiger partial charge >= 0.3 is 0 Å². The zero-order chi connectivity index (χ0) is 16.7. The van der Waals surface area contributed by atoms with Gasteiger partial charge in [0, 0.05) is 10.0 Å². The van der Waals surface area contributed by atoms with Crippen molar-refractivity contribution in [1.82, 2.24) is 19.6 Å². The first-order valence-corrected chi connectivity index (χ1v) is 7.94. The van der Waals surface area contributed by atoms with Gasteiger partial charge in [-0.25, -0.2) is 9.97 Å². The minimum Gasteiger partial charge on any atom is -0.493 e. The Morgan fingerprint density at radius 3 is 2.39 bits per heavy atom. The number of ether oxygens (including phenoxy) is 2. The summed E-state index contributed by atoms with van der Waals surface area (Å²) in [6.07, 6.45) is 0. The van der Waals surface area contributed by atoms with Gasteiger partial charge in [0.2, 0.25) is 5.28 Å². The van der Waals surface area contributed by atoms with E-state index in [0.29, 0.717) is 23.0 Å². The Balaban J connectivity index is 2.35. The van der Waals surface area contributed by atoms with Crippen molar-refractivity contribution in [2.75, 3.05) is 14.2 Å². The standard InChI is InChI=1S/C15H14BrClN4O2/c1-7-13(14-18-8(2)19-15(17)21(14)20-7)9-5-11(22-3)12(23-4)6-10(9)16/h5-6H,1-4H3. The molecule has 0 aliphatic rings. The summed E-state index contributed by atoms with van der Waals surface area (Å²) in [7, 11) is 3.20. The van der Waals surface area contributed by atoms with E-state index in [1.54, 1.807) is 21.1 Å². The Morgan fingerprint density at radius 1 is 1.09 bits per heavy atom. The van der Waals surface area contributed by atoms with Crippen LogP contribution in [0.15, 0.2) is 16.6 Å². The van der Waals surface area contributed by atoms with Gasteiger partial charge in [-0.2, -0.15) is 9.61 Å². The van der Waals surface area contributed by atoms with E-state index in [4.69, 9.17) is 21.1 Å². The van der Waals surface area contributed by atoms with Gasteiger partial charge in [0.1, 0.15) is 5.82 Å². The van der Waals surface area contributed by atoms with Crippen molar-refractivity contribution in [3.63, 3.8) is 0 Å². The number of nitrogens with zero attached hydrogens (tertiary/aromatic N) is 4. The van der Waals surface area contributed by atoms with Crippen LogP contribution in [-0.2, 0) is 0 Å². The highest BCUT2D eigenvalue weighted by molar-refractivity contribution is 9.10. The van der Waals surface area contributed by atoms with Gasteiger partial charge in [-0.15, -0.1) is 0 Å². The molecule has 0 saturated heterocycles. The second-order valence-corrected chi connectivity index (χ2v) is 6.12. The molecular formula is C15H14BrClN4O2. The molecule has 0 aliphatic heterocycles. The number of aryl methyl sites for hydroxylation is 2. The van der Waals surface area contributed by atoms with Crippen LogP contribution in [0.1, 0.15) is 11.5 Å². The number of hydrogen-bond donors (Lipinski definition) is 0. The summed E-state index contributed by atoms with van der Waals surface area (Å²) >= 11 is 9.75. The van der Waals surface area contributed by atoms with Crippen LogP contribution in [0.5, 0.6) is 11.5 Å². The van der Waals surface area contributed by atoms with Gasteiger partial charge in [0.05, 0.1) is 25.5 Å². The zero-order valence-electron chi connectivity index (χ0n) is 13.0. The number of rotatable bonds is 3. The lowest BCUT2D eigenvalue weighted by atomic mass is 10.1. The fourth-order valence-electron chi connectivity index (χ4n) is 2.47. The van der Waals surface area contributed by atoms with Gasteiger partial charge in [0.25, 0.3) is 0 Å². The molecule has 0 aliphatic carbocycles. The van der Waals surface area contributed by atoms with Crippen molar-refractivity contribution in [2.24, 2.45) is 0 Å². The van der Waals surface area contributed by atoms with Gasteiger partial charge in [0.15, 0.2) is 17.1 Å². The van der Waals surface area contributed by atoms with Crippen LogP contribution in [-0.4, -0.2) is 33.8 Å². The molecule has 120 valence electrons. The lowest BCUT2D eigenvalue weighted by Gasteiger charge is -2.12. The molecule has 3 rings (SSSR count). The Hall–Kier alpha value is -1.86. The number of fused-ring (bicyclic) bond motifs is 1. The maximum Gasteiger partial charge on any atom is 0.227 e. The zero-order valence-corrected chi connectivity index (χ0v) is 15.4. The molecule has 23 heavy (non-hydrogen) atoms. The number of aromatic nitrogens is 4. The summed E-state index contributed by atoms with van der Waals surface area (Å²) in [4.78, 5) is 8.62. The fourth-order valence-corrected chi connectivity index (χ4v) is 3.23. The lowest BCUT2D eigenvalue weighted by molar-refractivity contribution is 0.355. The van der Waals surface area contributed by atoms with Crippen molar-refractivity contribution in [3.05, 3.63) is 33.4 Å². The molecule has 1 aromatic carbocycles. The Kier molecular flexibility index (Phi) is 4.16. The molecule has 0 unspecified atom stereocenters. The molecule has 0 saturated carbocycles. The van der Waals surface area contributed by atoms with Crippen molar-refractivity contribution >= 4 is 33.2 Å². The topological polar surface area (TPSA) is 61.5 Å². The maximum absolute atomic E-state index is 6.17. The van der Waals surface area contributed by atoms with Crippen molar-refractivity contribution in [1.29, 1.82) is 0 Å². The molecule has 6 nitrogen and oxygen atoms in total. The second kappa shape index (κ2) is 5.98. The summed E-state index contributed by atoms with van der Waals surface area (Å²) in [5.41, 5.74) is 3.20. The molecule has 2 heterocycles. The van der Waals surface area contributed by atoms with Crippen LogP contribution < -0.4 is 9.47 Å². The maximum atomic E-state index is 6.17. The summed E-state index contributed by atoms with van der Waals surface area (Å²) in [5, 5.41) is 4.71. The monoisotopic (exact) mass is 396 g/mol. The highest BCUT2D eigenvalue weighted by Crippen LogP contribution is 2.40. The van der Waals surface area contributed by atoms with Crippen molar-refractivity contribution in [3.8, 4) is 22.6 Å². The van der Waals surface area contributed by atoms with Gasteiger partial charge in [-0.3, -0.25) is 0 Å². The number of hydrogen-bond acceptors (Lipinski definition) is 5. The summed E-state index contributed by atoms with van der Waals surface area (Å²) in [6, 6.07) is 3.74. The third kappa shape index (κ3) is 2.64. The highest BCUT2D eigenvalue weighted by Gasteiger charge is 2.20. The van der Waals surface area contributed by atoms with E-state index in [9.17, 15) is 0 Å². The minimum atomic E-state index is 0.276. The normalized spacial score (nSPS) is 11.0. The van der Waals surface area contributed by atoms with Gasteiger partial charge < -0.3 is 9.47 Å². The molecule has 0 radical (unpaired) electrons. The molecule has 0 atom stereocenters. The van der Waals surface area contributed by atoms with E-state index >= 15 is 0 Å². The first-order valence-electron chi connectivity index (χ1n) is 6.77. The molecule has 0 amide bonds. The average Bonchev–Trinajstić information content (AvgIpc) is 2.83. The van der Waals surface area contributed by atoms with E-state index in [0.717, 1.165) is 21.3 Å². The SMILES string of the molecule is COc1cc(Br)c(-c2c(C)nn3c(Cl)nc(C)nc23)cc1OC. The smallest absolute Gasteiger partial charge is 0.227 e. The van der Waals surface area contributed by atoms with E-state index in [2.05, 4.69) is 31.0 Å². The minimum absolute atomic E-state index is 0.276. The van der Waals surface area contributed by atoms with Gasteiger partial charge in [-0.1, -0.05) is 15.9 Å². The third-order valence-corrected chi connectivity index (χ3v) is 4.38. The Morgan fingerprint density at radius 2 is 1.74 bits per heavy atom. The average molecular weight is 398 g/mol.